The first-order valence-electron chi connectivity index (χ1n) is 5.08. The first kappa shape index (κ1) is 12.2. The first-order chi connectivity index (χ1) is 8.70. The average Bonchev–Trinajstić information content (AvgIpc) is 2.39. The lowest BCUT2D eigenvalue weighted by Gasteiger charge is -2.07. The van der Waals surface area contributed by atoms with Gasteiger partial charge in [0.25, 0.3) is 5.69 Å². The number of rotatable bonds is 4. The fourth-order valence-electron chi connectivity index (χ4n) is 1.44. The van der Waals surface area contributed by atoms with Crippen LogP contribution in [0, 0.1) is 10.1 Å². The zero-order valence-electron chi connectivity index (χ0n) is 9.17. The van der Waals surface area contributed by atoms with Crippen LogP contribution < -0.4 is 9.57 Å². The SMILES string of the molecule is O=[N+]([O-])c1ccc(Oc2ccccc2)cc1NCl. The summed E-state index contributed by atoms with van der Waals surface area (Å²) in [5.74, 6) is 1.11. The van der Waals surface area contributed by atoms with E-state index in [2.05, 4.69) is 4.84 Å². The van der Waals surface area contributed by atoms with Crippen molar-refractivity contribution in [2.24, 2.45) is 0 Å². The summed E-state index contributed by atoms with van der Waals surface area (Å²) in [6.45, 7) is 0. The van der Waals surface area contributed by atoms with Gasteiger partial charge in [-0.25, -0.2) is 0 Å². The number of para-hydroxylation sites is 1. The number of nitro benzene ring substituents is 1. The van der Waals surface area contributed by atoms with E-state index in [9.17, 15) is 10.1 Å². The summed E-state index contributed by atoms with van der Waals surface area (Å²) in [4.78, 5) is 12.5. The van der Waals surface area contributed by atoms with Crippen LogP contribution in [0.4, 0.5) is 11.4 Å². The number of ether oxygens (including phenoxy) is 1. The van der Waals surface area contributed by atoms with E-state index < -0.39 is 4.92 Å². The number of hydrogen-bond donors (Lipinski definition) is 1. The molecule has 0 heterocycles. The van der Waals surface area contributed by atoms with Crippen molar-refractivity contribution in [1.82, 2.24) is 0 Å². The highest BCUT2D eigenvalue weighted by molar-refractivity contribution is 6.24. The molecular formula is C12H9ClN2O3. The van der Waals surface area contributed by atoms with Crippen molar-refractivity contribution in [2.45, 2.75) is 0 Å². The van der Waals surface area contributed by atoms with E-state index in [0.717, 1.165) is 0 Å². The predicted octanol–water partition coefficient (Wildman–Crippen LogP) is 3.95. The molecule has 5 nitrogen and oxygen atoms in total. The molecule has 0 aliphatic carbocycles. The van der Waals surface area contributed by atoms with Crippen LogP contribution in [0.1, 0.15) is 0 Å². The second-order valence-electron chi connectivity index (χ2n) is 3.45. The summed E-state index contributed by atoms with van der Waals surface area (Å²) in [7, 11) is 0. The summed E-state index contributed by atoms with van der Waals surface area (Å²) in [6.07, 6.45) is 0. The monoisotopic (exact) mass is 264 g/mol. The minimum absolute atomic E-state index is 0.106. The third-order valence-corrected chi connectivity index (χ3v) is 2.45. The molecule has 0 aliphatic rings. The summed E-state index contributed by atoms with van der Waals surface area (Å²) < 4.78 is 5.53. The second-order valence-corrected chi connectivity index (χ2v) is 3.63. The molecule has 2 aromatic carbocycles. The number of anilines is 1. The predicted molar refractivity (Wildman–Crippen MR) is 69.1 cm³/mol. The largest absolute Gasteiger partial charge is 0.457 e. The molecule has 18 heavy (non-hydrogen) atoms. The lowest BCUT2D eigenvalue weighted by molar-refractivity contribution is -0.383. The lowest BCUT2D eigenvalue weighted by atomic mass is 10.2. The molecule has 0 amide bonds. The number of hydrogen-bond acceptors (Lipinski definition) is 4. The number of nitro groups is 1. The van der Waals surface area contributed by atoms with E-state index in [1.807, 2.05) is 18.2 Å². The Balaban J connectivity index is 2.28. The highest BCUT2D eigenvalue weighted by Gasteiger charge is 2.14. The zero-order chi connectivity index (χ0) is 13.0. The van der Waals surface area contributed by atoms with Gasteiger partial charge >= 0.3 is 0 Å². The van der Waals surface area contributed by atoms with Crippen LogP contribution in [0.2, 0.25) is 0 Å². The minimum Gasteiger partial charge on any atom is -0.457 e. The highest BCUT2D eigenvalue weighted by Crippen LogP contribution is 2.31. The maximum absolute atomic E-state index is 10.7. The van der Waals surface area contributed by atoms with Crippen LogP contribution in [0.3, 0.4) is 0 Å². The van der Waals surface area contributed by atoms with Crippen molar-refractivity contribution >= 4 is 23.2 Å². The Morgan fingerprint density at radius 3 is 2.44 bits per heavy atom. The lowest BCUT2D eigenvalue weighted by Crippen LogP contribution is -1.94. The van der Waals surface area contributed by atoms with Gasteiger partial charge in [-0.15, -0.1) is 0 Å². The molecular weight excluding hydrogens is 256 g/mol. The van der Waals surface area contributed by atoms with E-state index in [1.165, 1.54) is 18.2 Å². The van der Waals surface area contributed by atoms with Gasteiger partial charge in [0.2, 0.25) is 0 Å². The van der Waals surface area contributed by atoms with E-state index in [-0.39, 0.29) is 11.4 Å². The van der Waals surface area contributed by atoms with E-state index in [4.69, 9.17) is 16.5 Å². The van der Waals surface area contributed by atoms with Crippen LogP contribution in [-0.4, -0.2) is 4.92 Å². The molecule has 6 heteroatoms. The summed E-state index contributed by atoms with van der Waals surface area (Å²) >= 11 is 5.44. The third-order valence-electron chi connectivity index (χ3n) is 2.25. The molecule has 0 atom stereocenters. The Kier molecular flexibility index (Phi) is 3.64. The Morgan fingerprint density at radius 1 is 1.11 bits per heavy atom. The second kappa shape index (κ2) is 5.37. The van der Waals surface area contributed by atoms with E-state index in [1.54, 1.807) is 12.1 Å². The zero-order valence-corrected chi connectivity index (χ0v) is 9.92. The van der Waals surface area contributed by atoms with Crippen LogP contribution in [0.5, 0.6) is 11.5 Å². The maximum atomic E-state index is 10.7. The fraction of sp³-hybridized carbons (Fsp3) is 0. The highest BCUT2D eigenvalue weighted by atomic mass is 35.5. The normalized spacial score (nSPS) is 9.83. The molecule has 2 aromatic rings. The van der Waals surface area contributed by atoms with Crippen LogP contribution >= 0.6 is 11.8 Å². The Labute approximate surface area is 108 Å². The molecule has 2 rings (SSSR count). The van der Waals surface area contributed by atoms with Gasteiger partial charge in [-0.3, -0.25) is 15.0 Å². The summed E-state index contributed by atoms with van der Waals surface area (Å²) in [6, 6.07) is 13.4. The van der Waals surface area contributed by atoms with Gasteiger partial charge in [-0.1, -0.05) is 18.2 Å². The maximum Gasteiger partial charge on any atom is 0.293 e. The van der Waals surface area contributed by atoms with Crippen molar-refractivity contribution in [2.75, 3.05) is 4.84 Å². The molecule has 0 aromatic heterocycles. The number of nitrogens with one attached hydrogen (secondary N) is 1. The molecule has 0 aliphatic heterocycles. The van der Waals surface area contributed by atoms with Crippen molar-refractivity contribution in [3.05, 3.63) is 58.6 Å². The smallest absolute Gasteiger partial charge is 0.293 e. The number of benzene rings is 2. The van der Waals surface area contributed by atoms with Gasteiger partial charge in [-0.2, -0.15) is 0 Å². The van der Waals surface area contributed by atoms with Crippen LogP contribution in [0.15, 0.2) is 48.5 Å². The number of nitrogens with zero attached hydrogens (tertiary/aromatic N) is 1. The average molecular weight is 265 g/mol. The number of halogens is 1. The summed E-state index contributed by atoms with van der Waals surface area (Å²) in [5, 5.41) is 10.7. The van der Waals surface area contributed by atoms with Gasteiger partial charge in [0.05, 0.1) is 4.92 Å². The van der Waals surface area contributed by atoms with E-state index in [0.29, 0.717) is 11.5 Å². The quantitative estimate of drug-likeness (QED) is 0.516. The van der Waals surface area contributed by atoms with Gasteiger partial charge in [0.1, 0.15) is 17.2 Å². The van der Waals surface area contributed by atoms with Crippen molar-refractivity contribution in [3.63, 3.8) is 0 Å². The third kappa shape index (κ3) is 2.70. The molecule has 0 bridgehead atoms. The van der Waals surface area contributed by atoms with Gasteiger partial charge < -0.3 is 4.74 Å². The van der Waals surface area contributed by atoms with Gasteiger partial charge in [0.15, 0.2) is 0 Å². The van der Waals surface area contributed by atoms with Crippen LogP contribution in [0.25, 0.3) is 0 Å². The van der Waals surface area contributed by atoms with Gasteiger partial charge in [0, 0.05) is 23.9 Å². The van der Waals surface area contributed by atoms with E-state index >= 15 is 0 Å². The molecule has 0 saturated heterocycles. The molecule has 0 saturated carbocycles. The Morgan fingerprint density at radius 2 is 1.83 bits per heavy atom. The fourth-order valence-corrected chi connectivity index (χ4v) is 1.59. The van der Waals surface area contributed by atoms with Crippen molar-refractivity contribution < 1.29 is 9.66 Å². The molecule has 0 radical (unpaired) electrons. The molecule has 0 fully saturated rings. The van der Waals surface area contributed by atoms with Gasteiger partial charge in [-0.05, 0) is 18.2 Å². The molecule has 0 unspecified atom stereocenters. The van der Waals surface area contributed by atoms with Crippen molar-refractivity contribution in [3.8, 4) is 11.5 Å². The molecule has 92 valence electrons. The first-order valence-corrected chi connectivity index (χ1v) is 5.46. The molecule has 0 spiro atoms. The standard InChI is InChI=1S/C12H9ClN2O3/c13-14-11-8-10(6-7-12(11)15(16)17)18-9-4-2-1-3-5-9/h1-8,14H. The molecule has 1 N–H and O–H groups in total. The minimum atomic E-state index is -0.517. The van der Waals surface area contributed by atoms with Crippen LogP contribution in [-0.2, 0) is 0 Å². The Hall–Kier alpha value is -2.27. The summed E-state index contributed by atoms with van der Waals surface area (Å²) in [5.41, 5.74) is 0.0838. The van der Waals surface area contributed by atoms with Crippen molar-refractivity contribution in [1.29, 1.82) is 0 Å². The Bertz CT molecular complexity index is 561. The topological polar surface area (TPSA) is 64.4 Å².